The molecule has 1 atom stereocenters. The molecule has 0 aromatic heterocycles. The maximum atomic E-state index is 12.9. The van der Waals surface area contributed by atoms with Crippen LogP contribution in [0.3, 0.4) is 0 Å². The molecule has 144 valence electrons. The summed E-state index contributed by atoms with van der Waals surface area (Å²) < 4.78 is 0.679. The lowest BCUT2D eigenvalue weighted by molar-refractivity contribution is -0.133. The van der Waals surface area contributed by atoms with E-state index in [0.29, 0.717) is 21.3 Å². The SMILES string of the molecule is CC(=O)c1cccc(NC(=O)CN2C(=O)NC(C)(c3ccccc3Br)C2=O)c1. The second-order valence-corrected chi connectivity index (χ2v) is 7.47. The van der Waals surface area contributed by atoms with Crippen LogP contribution >= 0.6 is 15.9 Å². The van der Waals surface area contributed by atoms with E-state index < -0.39 is 29.9 Å². The van der Waals surface area contributed by atoms with Crippen LogP contribution in [0.25, 0.3) is 0 Å². The predicted molar refractivity (Wildman–Crippen MR) is 107 cm³/mol. The van der Waals surface area contributed by atoms with Gasteiger partial charge in [-0.15, -0.1) is 0 Å². The zero-order chi connectivity index (χ0) is 20.5. The number of carbonyl (C=O) groups is 4. The number of nitrogens with one attached hydrogen (secondary N) is 2. The van der Waals surface area contributed by atoms with Crippen molar-refractivity contribution in [1.29, 1.82) is 0 Å². The number of urea groups is 1. The fourth-order valence-corrected chi connectivity index (χ4v) is 3.73. The average Bonchev–Trinajstić information content (AvgIpc) is 2.86. The van der Waals surface area contributed by atoms with Gasteiger partial charge in [-0.3, -0.25) is 19.3 Å². The number of Topliss-reactive ketones (excluding diaryl/α,β-unsaturated/α-hetero) is 1. The second-order valence-electron chi connectivity index (χ2n) is 6.61. The Labute approximate surface area is 170 Å². The zero-order valence-electron chi connectivity index (χ0n) is 15.3. The highest BCUT2D eigenvalue weighted by Crippen LogP contribution is 2.33. The van der Waals surface area contributed by atoms with Crippen molar-refractivity contribution >= 4 is 45.2 Å². The van der Waals surface area contributed by atoms with E-state index in [1.165, 1.54) is 13.0 Å². The van der Waals surface area contributed by atoms with E-state index in [0.717, 1.165) is 4.90 Å². The molecule has 2 N–H and O–H groups in total. The maximum absolute atomic E-state index is 12.9. The minimum absolute atomic E-state index is 0.130. The molecular weight excluding hydrogens is 426 g/mol. The lowest BCUT2D eigenvalue weighted by Crippen LogP contribution is -2.42. The van der Waals surface area contributed by atoms with E-state index in [-0.39, 0.29) is 5.78 Å². The highest BCUT2D eigenvalue weighted by molar-refractivity contribution is 9.10. The van der Waals surface area contributed by atoms with Gasteiger partial charge in [-0.1, -0.05) is 46.3 Å². The molecular formula is C20H18BrN3O4. The van der Waals surface area contributed by atoms with Crippen LogP contribution in [0.4, 0.5) is 10.5 Å². The molecule has 1 aliphatic heterocycles. The Balaban J connectivity index is 1.76. The molecule has 1 heterocycles. The molecule has 1 aliphatic rings. The number of imide groups is 1. The summed E-state index contributed by atoms with van der Waals surface area (Å²) in [7, 11) is 0. The molecule has 28 heavy (non-hydrogen) atoms. The first-order valence-corrected chi connectivity index (χ1v) is 9.31. The van der Waals surface area contributed by atoms with Crippen LogP contribution in [-0.2, 0) is 15.1 Å². The first-order valence-electron chi connectivity index (χ1n) is 8.52. The molecule has 3 rings (SSSR count). The number of anilines is 1. The number of hydrogen-bond donors (Lipinski definition) is 2. The summed E-state index contributed by atoms with van der Waals surface area (Å²) in [6.07, 6.45) is 0. The molecule has 0 bridgehead atoms. The molecule has 1 unspecified atom stereocenters. The number of amides is 4. The molecule has 0 saturated carbocycles. The molecule has 4 amide bonds. The van der Waals surface area contributed by atoms with Gasteiger partial charge in [0, 0.05) is 21.3 Å². The third-order valence-electron chi connectivity index (χ3n) is 4.54. The Kier molecular flexibility index (Phi) is 5.33. The molecule has 0 radical (unpaired) electrons. The fourth-order valence-electron chi connectivity index (χ4n) is 3.05. The monoisotopic (exact) mass is 443 g/mol. The largest absolute Gasteiger partial charge is 0.325 e. The van der Waals surface area contributed by atoms with E-state index in [9.17, 15) is 19.2 Å². The number of hydrogen-bond acceptors (Lipinski definition) is 4. The van der Waals surface area contributed by atoms with Crippen molar-refractivity contribution < 1.29 is 19.2 Å². The first-order chi connectivity index (χ1) is 13.2. The van der Waals surface area contributed by atoms with Gasteiger partial charge in [0.15, 0.2) is 5.78 Å². The number of carbonyl (C=O) groups excluding carboxylic acids is 4. The van der Waals surface area contributed by atoms with Crippen molar-refractivity contribution in [2.24, 2.45) is 0 Å². The molecule has 0 aliphatic carbocycles. The summed E-state index contributed by atoms with van der Waals surface area (Å²) in [6.45, 7) is 2.59. The van der Waals surface area contributed by atoms with E-state index in [1.807, 2.05) is 0 Å². The van der Waals surface area contributed by atoms with Gasteiger partial charge in [0.2, 0.25) is 5.91 Å². The average molecular weight is 444 g/mol. The fraction of sp³-hybridized carbons (Fsp3) is 0.200. The Morgan fingerprint density at radius 2 is 1.86 bits per heavy atom. The predicted octanol–water partition coefficient (Wildman–Crippen LogP) is 3.06. The Bertz CT molecular complexity index is 991. The van der Waals surface area contributed by atoms with Crippen LogP contribution in [0.15, 0.2) is 53.0 Å². The molecule has 7 nitrogen and oxygen atoms in total. The summed E-state index contributed by atoms with van der Waals surface area (Å²) in [5, 5.41) is 5.27. The highest BCUT2D eigenvalue weighted by Gasteiger charge is 2.50. The highest BCUT2D eigenvalue weighted by atomic mass is 79.9. The maximum Gasteiger partial charge on any atom is 0.325 e. The van der Waals surface area contributed by atoms with Crippen molar-refractivity contribution in [3.63, 3.8) is 0 Å². The van der Waals surface area contributed by atoms with Gasteiger partial charge in [0.25, 0.3) is 5.91 Å². The first kappa shape index (κ1) is 19.8. The lowest BCUT2D eigenvalue weighted by Gasteiger charge is -2.23. The van der Waals surface area contributed by atoms with Crippen molar-refractivity contribution in [3.05, 3.63) is 64.1 Å². The molecule has 2 aromatic rings. The number of ketones is 1. The second kappa shape index (κ2) is 7.55. The van der Waals surface area contributed by atoms with Gasteiger partial charge in [-0.05, 0) is 32.0 Å². The standard InChI is InChI=1S/C20H18BrN3O4/c1-12(25)13-6-5-7-14(10-13)22-17(26)11-24-18(27)20(2,23-19(24)28)15-8-3-4-9-16(15)21/h3-10H,11H2,1-2H3,(H,22,26)(H,23,28). The summed E-state index contributed by atoms with van der Waals surface area (Å²) in [6, 6.07) is 12.9. The minimum atomic E-state index is -1.27. The van der Waals surface area contributed by atoms with Crippen LogP contribution in [0, 0.1) is 0 Å². The Hall–Kier alpha value is -3.00. The van der Waals surface area contributed by atoms with Gasteiger partial charge in [-0.25, -0.2) is 4.79 Å². The number of nitrogens with zero attached hydrogens (tertiary/aromatic N) is 1. The van der Waals surface area contributed by atoms with Crippen molar-refractivity contribution in [2.45, 2.75) is 19.4 Å². The third kappa shape index (κ3) is 3.68. The minimum Gasteiger partial charge on any atom is -0.325 e. The van der Waals surface area contributed by atoms with Crippen LogP contribution in [0.1, 0.15) is 29.8 Å². The Morgan fingerprint density at radius 3 is 2.54 bits per heavy atom. The topological polar surface area (TPSA) is 95.6 Å². The van der Waals surface area contributed by atoms with Gasteiger partial charge in [-0.2, -0.15) is 0 Å². The molecule has 2 aromatic carbocycles. The normalized spacial score (nSPS) is 18.8. The quantitative estimate of drug-likeness (QED) is 0.548. The van der Waals surface area contributed by atoms with Crippen LogP contribution in [-0.4, -0.2) is 35.1 Å². The number of halogens is 1. The van der Waals surface area contributed by atoms with Crippen molar-refractivity contribution in [3.8, 4) is 0 Å². The Morgan fingerprint density at radius 1 is 1.14 bits per heavy atom. The van der Waals surface area contributed by atoms with E-state index in [4.69, 9.17) is 0 Å². The van der Waals surface area contributed by atoms with Gasteiger partial charge < -0.3 is 10.6 Å². The lowest BCUT2D eigenvalue weighted by atomic mass is 9.92. The smallest absolute Gasteiger partial charge is 0.325 e. The van der Waals surface area contributed by atoms with Crippen LogP contribution < -0.4 is 10.6 Å². The third-order valence-corrected chi connectivity index (χ3v) is 5.23. The number of rotatable bonds is 5. The zero-order valence-corrected chi connectivity index (χ0v) is 16.9. The summed E-state index contributed by atoms with van der Waals surface area (Å²) in [5.41, 5.74) is 0.199. The van der Waals surface area contributed by atoms with E-state index in [1.54, 1.807) is 49.4 Å². The summed E-state index contributed by atoms with van der Waals surface area (Å²) in [4.78, 5) is 50.0. The van der Waals surface area contributed by atoms with Crippen LogP contribution in [0.5, 0.6) is 0 Å². The summed E-state index contributed by atoms with van der Waals surface area (Å²) in [5.74, 6) is -1.19. The van der Waals surface area contributed by atoms with E-state index in [2.05, 4.69) is 26.6 Å². The van der Waals surface area contributed by atoms with Crippen LogP contribution in [0.2, 0.25) is 0 Å². The van der Waals surface area contributed by atoms with Crippen molar-refractivity contribution in [1.82, 2.24) is 10.2 Å². The van der Waals surface area contributed by atoms with Gasteiger partial charge >= 0.3 is 6.03 Å². The molecule has 8 heteroatoms. The molecule has 0 spiro atoms. The number of benzene rings is 2. The molecule has 1 saturated heterocycles. The van der Waals surface area contributed by atoms with Gasteiger partial charge in [0.05, 0.1) is 0 Å². The van der Waals surface area contributed by atoms with Gasteiger partial charge in [0.1, 0.15) is 12.1 Å². The molecule has 1 fully saturated rings. The summed E-state index contributed by atoms with van der Waals surface area (Å²) >= 11 is 3.39. The van der Waals surface area contributed by atoms with Crippen molar-refractivity contribution in [2.75, 3.05) is 11.9 Å². The van der Waals surface area contributed by atoms with E-state index >= 15 is 0 Å².